The van der Waals surface area contributed by atoms with Gasteiger partial charge in [0.05, 0.1) is 23.2 Å². The highest BCUT2D eigenvalue weighted by molar-refractivity contribution is 9.10. The van der Waals surface area contributed by atoms with Crippen LogP contribution in [0.1, 0.15) is 55.9 Å². The van der Waals surface area contributed by atoms with Gasteiger partial charge < -0.3 is 15.5 Å². The van der Waals surface area contributed by atoms with E-state index in [1.54, 1.807) is 0 Å². The molecular weight excluding hydrogens is 440 g/mol. The van der Waals surface area contributed by atoms with Crippen LogP contribution >= 0.6 is 15.9 Å². The molecule has 0 unspecified atom stereocenters. The van der Waals surface area contributed by atoms with Crippen LogP contribution in [0, 0.1) is 13.8 Å². The van der Waals surface area contributed by atoms with Crippen molar-refractivity contribution in [3.63, 3.8) is 0 Å². The van der Waals surface area contributed by atoms with Crippen molar-refractivity contribution in [2.45, 2.75) is 52.9 Å². The third-order valence-corrected chi connectivity index (χ3v) is 6.39. The van der Waals surface area contributed by atoms with Crippen LogP contribution in [-0.2, 0) is 14.9 Å². The maximum absolute atomic E-state index is 12.6. The lowest BCUT2D eigenvalue weighted by Crippen LogP contribution is -2.31. The molecule has 0 bridgehead atoms. The zero-order valence-corrected chi connectivity index (χ0v) is 20.2. The van der Waals surface area contributed by atoms with Gasteiger partial charge in [-0.25, -0.2) is 0 Å². The largest absolute Gasteiger partial charge is 0.465 e. The van der Waals surface area contributed by atoms with Crippen LogP contribution in [0.4, 0.5) is 0 Å². The van der Waals surface area contributed by atoms with Gasteiger partial charge in [0, 0.05) is 9.86 Å². The Balaban J connectivity index is 2.31. The lowest BCUT2D eigenvalue weighted by Gasteiger charge is -2.23. The Kier molecular flexibility index (Phi) is 6.44. The zero-order valence-electron chi connectivity index (χ0n) is 18.7. The second-order valence-electron chi connectivity index (χ2n) is 8.65. The van der Waals surface area contributed by atoms with Gasteiger partial charge in [-0.1, -0.05) is 24.1 Å². The fourth-order valence-electron chi connectivity index (χ4n) is 4.04. The van der Waals surface area contributed by atoms with Gasteiger partial charge in [-0.05, 0) is 104 Å². The molecule has 0 saturated carbocycles. The minimum atomic E-state index is -0.757. The molecule has 4 nitrogen and oxygen atoms in total. The number of benzene rings is 2. The number of hydrogen-bond donors (Lipinski definition) is 2. The minimum Gasteiger partial charge on any atom is -0.465 e. The topological polar surface area (TPSA) is 68.1 Å². The summed E-state index contributed by atoms with van der Waals surface area (Å²) < 4.78 is 6.26. The first-order valence-electron chi connectivity index (χ1n) is 10.4. The number of fused-ring (bicyclic) bond motifs is 1. The summed E-state index contributed by atoms with van der Waals surface area (Å²) in [6, 6.07) is 10.7. The van der Waals surface area contributed by atoms with E-state index in [0.29, 0.717) is 13.2 Å². The Morgan fingerprint density at radius 1 is 1.17 bits per heavy atom. The van der Waals surface area contributed by atoms with E-state index in [9.17, 15) is 4.79 Å². The maximum atomic E-state index is 12.6. The molecule has 3 aromatic rings. The molecule has 0 amide bonds. The molecule has 0 radical (unpaired) electrons. The average molecular weight is 471 g/mol. The molecule has 0 spiro atoms. The number of aromatic amines is 1. The molecule has 0 aliphatic heterocycles. The van der Waals surface area contributed by atoms with Crippen LogP contribution in [0.15, 0.2) is 34.8 Å². The normalized spacial score (nSPS) is 12.9. The SMILES string of the molecule is CCOC(=O)C(C)(C)c1cc(Br)c2[nH]c(-c3cc(C)cc(C)c3)c([C@H](C)CN)c2c1. The number of carbonyl (C=O) groups excluding carboxylic acids is 1. The fourth-order valence-corrected chi connectivity index (χ4v) is 4.60. The third-order valence-electron chi connectivity index (χ3n) is 5.76. The highest BCUT2D eigenvalue weighted by Gasteiger charge is 2.33. The molecule has 30 heavy (non-hydrogen) atoms. The van der Waals surface area contributed by atoms with Crippen LogP contribution in [0.3, 0.4) is 0 Å². The van der Waals surface area contributed by atoms with Crippen LogP contribution in [0.5, 0.6) is 0 Å². The van der Waals surface area contributed by atoms with Crippen molar-refractivity contribution >= 4 is 32.8 Å². The van der Waals surface area contributed by atoms with Crippen molar-refractivity contribution < 1.29 is 9.53 Å². The highest BCUT2D eigenvalue weighted by Crippen LogP contribution is 2.41. The molecule has 1 aromatic heterocycles. The van der Waals surface area contributed by atoms with Crippen LogP contribution in [0.2, 0.25) is 0 Å². The van der Waals surface area contributed by atoms with E-state index in [0.717, 1.165) is 32.2 Å². The summed E-state index contributed by atoms with van der Waals surface area (Å²) in [5.74, 6) is -0.0721. The van der Waals surface area contributed by atoms with Crippen LogP contribution in [0.25, 0.3) is 22.2 Å². The van der Waals surface area contributed by atoms with Gasteiger partial charge in [0.15, 0.2) is 0 Å². The van der Waals surface area contributed by atoms with Crippen molar-refractivity contribution in [2.75, 3.05) is 13.2 Å². The molecule has 5 heteroatoms. The van der Waals surface area contributed by atoms with Crippen molar-refractivity contribution in [3.8, 4) is 11.3 Å². The Labute approximate surface area is 187 Å². The van der Waals surface area contributed by atoms with Crippen molar-refractivity contribution in [1.82, 2.24) is 4.98 Å². The Morgan fingerprint density at radius 2 is 1.80 bits per heavy atom. The highest BCUT2D eigenvalue weighted by atomic mass is 79.9. The van der Waals surface area contributed by atoms with Gasteiger partial charge in [0.1, 0.15) is 0 Å². The lowest BCUT2D eigenvalue weighted by atomic mass is 9.83. The van der Waals surface area contributed by atoms with E-state index in [1.165, 1.54) is 16.7 Å². The summed E-state index contributed by atoms with van der Waals surface area (Å²) in [6.07, 6.45) is 0. The average Bonchev–Trinajstić information content (AvgIpc) is 3.07. The summed E-state index contributed by atoms with van der Waals surface area (Å²) in [7, 11) is 0. The van der Waals surface area contributed by atoms with E-state index in [2.05, 4.69) is 66.0 Å². The summed E-state index contributed by atoms with van der Waals surface area (Å²) in [6.45, 7) is 12.9. The molecule has 0 fully saturated rings. The number of H-pyrrole nitrogens is 1. The number of hydrogen-bond acceptors (Lipinski definition) is 3. The predicted molar refractivity (Wildman–Crippen MR) is 128 cm³/mol. The standard InChI is InChI=1S/C25H31BrN2O2/c1-7-30-24(29)25(5,6)18-11-19-21(16(4)13-27)22(28-23(19)20(26)12-18)17-9-14(2)8-15(3)10-17/h8-12,16,28H,7,13,27H2,1-6H3/t16-/m1/s1. The number of ether oxygens (including phenoxy) is 1. The molecule has 3 rings (SSSR count). The van der Waals surface area contributed by atoms with Gasteiger partial charge in [-0.2, -0.15) is 0 Å². The first-order valence-corrected chi connectivity index (χ1v) is 11.2. The molecule has 0 saturated heterocycles. The Morgan fingerprint density at radius 3 is 2.37 bits per heavy atom. The third kappa shape index (κ3) is 4.06. The number of nitrogens with one attached hydrogen (secondary N) is 1. The monoisotopic (exact) mass is 470 g/mol. The predicted octanol–water partition coefficient (Wildman–Crippen LogP) is 6.12. The van der Waals surface area contributed by atoms with E-state index in [4.69, 9.17) is 10.5 Å². The van der Waals surface area contributed by atoms with Crippen LogP contribution < -0.4 is 5.73 Å². The number of rotatable bonds is 6. The first kappa shape index (κ1) is 22.6. The number of halogens is 1. The van der Waals surface area contributed by atoms with E-state index < -0.39 is 5.41 Å². The van der Waals surface area contributed by atoms with Crippen molar-refractivity contribution in [1.29, 1.82) is 0 Å². The second-order valence-corrected chi connectivity index (χ2v) is 9.51. The van der Waals surface area contributed by atoms with Gasteiger partial charge in [-0.3, -0.25) is 4.79 Å². The minimum absolute atomic E-state index is 0.155. The molecule has 3 N–H and O–H groups in total. The summed E-state index contributed by atoms with van der Waals surface area (Å²) in [4.78, 5) is 16.3. The number of aryl methyl sites for hydroxylation is 2. The molecule has 1 atom stereocenters. The van der Waals surface area contributed by atoms with E-state index in [1.807, 2.05) is 26.8 Å². The quantitative estimate of drug-likeness (QED) is 0.426. The first-order chi connectivity index (χ1) is 14.1. The molecule has 0 aliphatic carbocycles. The number of aromatic nitrogens is 1. The summed E-state index contributed by atoms with van der Waals surface area (Å²) in [5, 5.41) is 1.09. The fraction of sp³-hybridized carbons (Fsp3) is 0.400. The van der Waals surface area contributed by atoms with Gasteiger partial charge in [-0.15, -0.1) is 0 Å². The lowest BCUT2D eigenvalue weighted by molar-refractivity contribution is -0.148. The van der Waals surface area contributed by atoms with Crippen LogP contribution in [-0.4, -0.2) is 24.1 Å². The van der Waals surface area contributed by atoms with E-state index in [-0.39, 0.29) is 11.9 Å². The van der Waals surface area contributed by atoms with Gasteiger partial charge >= 0.3 is 5.97 Å². The number of esters is 1. The van der Waals surface area contributed by atoms with Gasteiger partial charge in [0.25, 0.3) is 0 Å². The Bertz CT molecular complexity index is 1080. The van der Waals surface area contributed by atoms with Gasteiger partial charge in [0.2, 0.25) is 0 Å². The van der Waals surface area contributed by atoms with Crippen molar-refractivity contribution in [2.24, 2.45) is 5.73 Å². The van der Waals surface area contributed by atoms with E-state index >= 15 is 0 Å². The number of nitrogens with two attached hydrogens (primary N) is 1. The molecule has 2 aromatic carbocycles. The molecular formula is C25H31BrN2O2. The molecule has 0 aliphatic rings. The second kappa shape index (κ2) is 8.56. The molecule has 1 heterocycles. The Hall–Kier alpha value is -2.11. The van der Waals surface area contributed by atoms with Crippen molar-refractivity contribution in [3.05, 3.63) is 57.1 Å². The summed E-state index contributed by atoms with van der Waals surface area (Å²) >= 11 is 3.73. The molecule has 160 valence electrons. The zero-order chi connectivity index (χ0) is 22.2. The summed E-state index contributed by atoms with van der Waals surface area (Å²) in [5.41, 5.74) is 13.1. The maximum Gasteiger partial charge on any atom is 0.315 e. The smallest absolute Gasteiger partial charge is 0.315 e. The number of carbonyl (C=O) groups is 1.